The Balaban J connectivity index is 1.41. The van der Waals surface area contributed by atoms with Gasteiger partial charge in [-0.2, -0.15) is 5.10 Å². The maximum absolute atomic E-state index is 13.0. The Hall–Kier alpha value is -4.33. The molecule has 8 heteroatoms. The average Bonchev–Trinajstić information content (AvgIpc) is 3.88. The average molecular weight is 538 g/mol. The van der Waals surface area contributed by atoms with Gasteiger partial charge in [-0.1, -0.05) is 26.0 Å². The topological polar surface area (TPSA) is 95.6 Å². The number of benzene rings is 2. The van der Waals surface area contributed by atoms with Gasteiger partial charge in [-0.05, 0) is 73.6 Å². The molecule has 1 N–H and O–H groups in total. The molecule has 2 aliphatic carbocycles. The standard InChI is InChI=1S/C32H31N3O5/c1-18(2)27-17-35-31(26-15-28(36)25(32(37)38)16-34(26)27)29(19-3-7-21(8-4-19)39-23-11-12-23)30(33-35)20-5-9-22(10-6-20)40-24-13-14-24/h3-10,15-16,18,23-24,27H,11-14,17H2,1-2H3,(H,37,38)/t27-/m0/s1. The van der Waals surface area contributed by atoms with Gasteiger partial charge in [0, 0.05) is 23.4 Å². The number of rotatable bonds is 8. The van der Waals surface area contributed by atoms with E-state index in [0.717, 1.165) is 65.3 Å². The summed E-state index contributed by atoms with van der Waals surface area (Å²) in [5, 5.41) is 14.8. The van der Waals surface area contributed by atoms with Crippen molar-refractivity contribution in [1.29, 1.82) is 0 Å². The highest BCUT2D eigenvalue weighted by Gasteiger charge is 2.33. The molecule has 2 fully saturated rings. The third-order valence-corrected chi connectivity index (χ3v) is 7.92. The number of carbonyl (C=O) groups is 1. The van der Waals surface area contributed by atoms with Crippen LogP contribution in [0.15, 0.2) is 65.6 Å². The lowest BCUT2D eigenvalue weighted by Gasteiger charge is -2.32. The number of hydrogen-bond acceptors (Lipinski definition) is 5. The van der Waals surface area contributed by atoms with Crippen LogP contribution in [-0.4, -0.2) is 37.6 Å². The number of nitrogens with zero attached hydrogens (tertiary/aromatic N) is 3. The Bertz CT molecular complexity index is 1660. The summed E-state index contributed by atoms with van der Waals surface area (Å²) in [6.07, 6.45) is 6.49. The van der Waals surface area contributed by atoms with E-state index in [1.165, 1.54) is 12.3 Å². The van der Waals surface area contributed by atoms with Gasteiger partial charge in [0.05, 0.1) is 36.2 Å². The third kappa shape index (κ3) is 4.47. The summed E-state index contributed by atoms with van der Waals surface area (Å²) in [6, 6.07) is 17.4. The highest BCUT2D eigenvalue weighted by Crippen LogP contribution is 2.45. The van der Waals surface area contributed by atoms with Crippen molar-refractivity contribution in [3.05, 3.63) is 76.6 Å². The van der Waals surface area contributed by atoms with Crippen molar-refractivity contribution in [2.24, 2.45) is 5.92 Å². The molecule has 40 heavy (non-hydrogen) atoms. The number of hydrogen-bond donors (Lipinski definition) is 1. The van der Waals surface area contributed by atoms with Crippen LogP contribution in [0.4, 0.5) is 0 Å². The van der Waals surface area contributed by atoms with Gasteiger partial charge >= 0.3 is 5.97 Å². The second-order valence-corrected chi connectivity index (χ2v) is 11.4. The summed E-state index contributed by atoms with van der Waals surface area (Å²) in [6.45, 7) is 4.75. The molecule has 4 aromatic rings. The number of carboxylic acids is 1. The first kappa shape index (κ1) is 24.7. The van der Waals surface area contributed by atoms with Crippen molar-refractivity contribution in [3.63, 3.8) is 0 Å². The fraction of sp³-hybridized carbons (Fsp3) is 0.344. The zero-order valence-corrected chi connectivity index (χ0v) is 22.5. The molecule has 3 aliphatic rings. The third-order valence-electron chi connectivity index (χ3n) is 7.92. The highest BCUT2D eigenvalue weighted by atomic mass is 16.5. The van der Waals surface area contributed by atoms with E-state index in [1.54, 1.807) is 0 Å². The molecule has 7 rings (SSSR count). The minimum absolute atomic E-state index is 0.0644. The summed E-state index contributed by atoms with van der Waals surface area (Å²) in [4.78, 5) is 24.8. The molecule has 0 amide bonds. The van der Waals surface area contributed by atoms with Crippen molar-refractivity contribution < 1.29 is 19.4 Å². The number of fused-ring (bicyclic) bond motifs is 3. The van der Waals surface area contributed by atoms with E-state index in [1.807, 2.05) is 57.8 Å². The lowest BCUT2D eigenvalue weighted by Crippen LogP contribution is -2.31. The van der Waals surface area contributed by atoms with E-state index < -0.39 is 11.4 Å². The maximum Gasteiger partial charge on any atom is 0.341 e. The number of pyridine rings is 1. The number of ether oxygens (including phenoxy) is 2. The summed E-state index contributed by atoms with van der Waals surface area (Å²) in [5.41, 5.74) is 4.31. The molecule has 2 aromatic carbocycles. The SMILES string of the molecule is CC(C)[C@@H]1Cn2nc(-c3ccc(OC4CC4)cc3)c(-c3ccc(OC4CC4)cc3)c2-c2cc(=O)c(C(=O)O)cn21. The van der Waals surface area contributed by atoms with Crippen LogP contribution in [0.2, 0.25) is 0 Å². The predicted octanol–water partition coefficient (Wildman–Crippen LogP) is 6.04. The Kier molecular flexibility index (Phi) is 5.80. The fourth-order valence-corrected chi connectivity index (χ4v) is 5.45. The molecule has 2 aromatic heterocycles. The Morgan fingerprint density at radius 3 is 2.02 bits per heavy atom. The van der Waals surface area contributed by atoms with Crippen molar-refractivity contribution in [2.75, 3.05) is 0 Å². The quantitative estimate of drug-likeness (QED) is 0.295. The minimum atomic E-state index is -1.22. The summed E-state index contributed by atoms with van der Waals surface area (Å²) >= 11 is 0. The Labute approximate surface area is 231 Å². The van der Waals surface area contributed by atoms with Gasteiger partial charge in [0.25, 0.3) is 0 Å². The van der Waals surface area contributed by atoms with Crippen LogP contribution in [-0.2, 0) is 6.54 Å². The number of aromatic carboxylic acids is 1. The van der Waals surface area contributed by atoms with E-state index >= 15 is 0 Å². The van der Waals surface area contributed by atoms with Gasteiger partial charge in [0.1, 0.15) is 22.8 Å². The van der Waals surface area contributed by atoms with Gasteiger partial charge in [0.2, 0.25) is 0 Å². The lowest BCUT2D eigenvalue weighted by atomic mass is 9.94. The zero-order chi connectivity index (χ0) is 27.5. The van der Waals surface area contributed by atoms with Crippen molar-refractivity contribution >= 4 is 5.97 Å². The molecule has 0 saturated heterocycles. The van der Waals surface area contributed by atoms with E-state index in [9.17, 15) is 14.7 Å². The number of aromatic nitrogens is 3. The normalized spacial score (nSPS) is 17.8. The number of carboxylic acid groups (broad SMARTS) is 1. The van der Waals surface area contributed by atoms with Crippen LogP contribution in [0.25, 0.3) is 33.8 Å². The first-order valence-electron chi connectivity index (χ1n) is 14.0. The second kappa shape index (κ2) is 9.40. The van der Waals surface area contributed by atoms with Crippen LogP contribution in [0, 0.1) is 5.92 Å². The van der Waals surface area contributed by atoms with E-state index in [-0.39, 0.29) is 17.5 Å². The van der Waals surface area contributed by atoms with E-state index in [2.05, 4.69) is 13.8 Å². The van der Waals surface area contributed by atoms with Crippen molar-refractivity contribution in [1.82, 2.24) is 14.3 Å². The molecule has 0 unspecified atom stereocenters. The molecule has 204 valence electrons. The predicted molar refractivity (Wildman–Crippen MR) is 151 cm³/mol. The molecular weight excluding hydrogens is 506 g/mol. The van der Waals surface area contributed by atoms with E-state index in [0.29, 0.717) is 24.4 Å². The van der Waals surface area contributed by atoms with Gasteiger partial charge in [0.15, 0.2) is 5.43 Å². The first-order valence-corrected chi connectivity index (χ1v) is 14.0. The van der Waals surface area contributed by atoms with E-state index in [4.69, 9.17) is 14.6 Å². The fourth-order valence-electron chi connectivity index (χ4n) is 5.45. The molecule has 3 heterocycles. The smallest absolute Gasteiger partial charge is 0.341 e. The van der Waals surface area contributed by atoms with Gasteiger partial charge in [-0.25, -0.2) is 4.79 Å². The van der Waals surface area contributed by atoms with Gasteiger partial charge in [-0.3, -0.25) is 9.48 Å². The largest absolute Gasteiger partial charge is 0.490 e. The van der Waals surface area contributed by atoms with Crippen LogP contribution in [0.3, 0.4) is 0 Å². The van der Waals surface area contributed by atoms with Crippen LogP contribution >= 0.6 is 0 Å². The molecule has 2 saturated carbocycles. The van der Waals surface area contributed by atoms with Gasteiger partial charge in [-0.15, -0.1) is 0 Å². The monoisotopic (exact) mass is 537 g/mol. The lowest BCUT2D eigenvalue weighted by molar-refractivity contribution is 0.0694. The van der Waals surface area contributed by atoms with Crippen LogP contribution in [0.5, 0.6) is 11.5 Å². The molecule has 1 atom stereocenters. The van der Waals surface area contributed by atoms with Crippen molar-refractivity contribution in [3.8, 4) is 45.3 Å². The first-order chi connectivity index (χ1) is 19.4. The zero-order valence-electron chi connectivity index (χ0n) is 22.5. The van der Waals surface area contributed by atoms with Crippen LogP contribution < -0.4 is 14.9 Å². The molecule has 8 nitrogen and oxygen atoms in total. The highest BCUT2D eigenvalue weighted by molar-refractivity contribution is 5.92. The summed E-state index contributed by atoms with van der Waals surface area (Å²) < 4.78 is 15.9. The Morgan fingerprint density at radius 1 is 0.925 bits per heavy atom. The molecular formula is C32H31N3O5. The summed E-state index contributed by atoms with van der Waals surface area (Å²) in [7, 11) is 0. The Morgan fingerprint density at radius 2 is 1.50 bits per heavy atom. The van der Waals surface area contributed by atoms with Crippen LogP contribution in [0.1, 0.15) is 55.9 Å². The summed E-state index contributed by atoms with van der Waals surface area (Å²) in [5.74, 6) is 0.641. The minimum Gasteiger partial charge on any atom is -0.490 e. The maximum atomic E-state index is 13.0. The molecule has 1 aliphatic heterocycles. The van der Waals surface area contributed by atoms with Crippen molar-refractivity contribution in [2.45, 2.75) is 64.3 Å². The molecule has 0 spiro atoms. The molecule has 0 bridgehead atoms. The second-order valence-electron chi connectivity index (χ2n) is 11.4. The van der Waals surface area contributed by atoms with Gasteiger partial charge < -0.3 is 19.1 Å². The molecule has 0 radical (unpaired) electrons.